The zero-order valence-corrected chi connectivity index (χ0v) is 30.2. The molecule has 0 bridgehead atoms. The minimum absolute atomic E-state index is 0.0424. The van der Waals surface area contributed by atoms with Crippen LogP contribution >= 0.6 is 0 Å². The van der Waals surface area contributed by atoms with E-state index in [2.05, 4.69) is 38.3 Å². The van der Waals surface area contributed by atoms with Crippen LogP contribution in [0.2, 0.25) is 0 Å². The molecule has 4 fully saturated rings. The van der Waals surface area contributed by atoms with Crippen LogP contribution in [0.4, 0.5) is 0 Å². The second-order valence-electron chi connectivity index (χ2n) is 15.3. The minimum atomic E-state index is -3.74. The molecule has 2 aliphatic heterocycles. The van der Waals surface area contributed by atoms with Crippen LogP contribution in [0.3, 0.4) is 0 Å². The Morgan fingerprint density at radius 3 is 2.29 bits per heavy atom. The van der Waals surface area contributed by atoms with Crippen LogP contribution in [0, 0.1) is 5.41 Å². The lowest BCUT2D eigenvalue weighted by Crippen LogP contribution is -2.55. The maximum absolute atomic E-state index is 14.8. The van der Waals surface area contributed by atoms with E-state index < -0.39 is 21.3 Å². The van der Waals surface area contributed by atoms with Crippen LogP contribution in [-0.2, 0) is 21.4 Å². The average Bonchev–Trinajstić information content (AvgIpc) is 3.68. The van der Waals surface area contributed by atoms with Gasteiger partial charge in [-0.05, 0) is 118 Å². The summed E-state index contributed by atoms with van der Waals surface area (Å²) >= 11 is 0. The van der Waals surface area contributed by atoms with Gasteiger partial charge in [0, 0.05) is 48.2 Å². The molecule has 1 N–H and O–H groups in total. The van der Waals surface area contributed by atoms with Crippen LogP contribution in [0.1, 0.15) is 106 Å². The van der Waals surface area contributed by atoms with Crippen molar-refractivity contribution in [1.82, 2.24) is 19.1 Å². The summed E-state index contributed by atoms with van der Waals surface area (Å²) in [6, 6.07) is 13.8. The Labute approximate surface area is 291 Å². The van der Waals surface area contributed by atoms with Gasteiger partial charge in [0.2, 0.25) is 15.9 Å². The number of nitrogens with one attached hydrogen (secondary N) is 1. The Kier molecular flexibility index (Phi) is 9.32. The summed E-state index contributed by atoms with van der Waals surface area (Å²) < 4.78 is 35.3. The van der Waals surface area contributed by atoms with Gasteiger partial charge in [-0.2, -0.15) is 0 Å². The molecule has 2 saturated heterocycles. The Balaban J connectivity index is 1.36. The van der Waals surface area contributed by atoms with Crippen molar-refractivity contribution in [1.29, 1.82) is 0 Å². The third kappa shape index (κ3) is 6.51. The Morgan fingerprint density at radius 1 is 0.918 bits per heavy atom. The molecule has 0 atom stereocenters. The van der Waals surface area contributed by atoms with Gasteiger partial charge in [0.1, 0.15) is 5.75 Å². The molecule has 3 aromatic rings. The van der Waals surface area contributed by atoms with Crippen molar-refractivity contribution in [3.05, 3.63) is 53.6 Å². The zero-order valence-electron chi connectivity index (χ0n) is 29.4. The maximum atomic E-state index is 14.8. The summed E-state index contributed by atoms with van der Waals surface area (Å²) in [5.74, 6) is 0.696. The molecule has 10 heteroatoms. The highest BCUT2D eigenvalue weighted by molar-refractivity contribution is 7.90. The summed E-state index contributed by atoms with van der Waals surface area (Å²) in [5.41, 5.74) is 4.10. The number of hydrogen-bond acceptors (Lipinski definition) is 6. The Hall–Kier alpha value is -3.37. The van der Waals surface area contributed by atoms with Crippen molar-refractivity contribution < 1.29 is 22.7 Å². The predicted molar refractivity (Wildman–Crippen MR) is 193 cm³/mol. The van der Waals surface area contributed by atoms with E-state index in [1.807, 2.05) is 24.3 Å². The molecule has 4 aliphatic rings. The molecule has 2 aromatic carbocycles. The van der Waals surface area contributed by atoms with Crippen LogP contribution in [0.25, 0.3) is 22.2 Å². The van der Waals surface area contributed by atoms with E-state index in [0.29, 0.717) is 24.4 Å². The fourth-order valence-electron chi connectivity index (χ4n) is 9.06. The van der Waals surface area contributed by atoms with Crippen molar-refractivity contribution in [3.63, 3.8) is 0 Å². The van der Waals surface area contributed by atoms with E-state index in [0.717, 1.165) is 98.9 Å². The molecule has 2 saturated carbocycles. The number of carbonyl (C=O) groups is 2. The minimum Gasteiger partial charge on any atom is -0.497 e. The number of sulfonamides is 1. The van der Waals surface area contributed by atoms with E-state index in [9.17, 15) is 18.0 Å². The highest BCUT2D eigenvalue weighted by atomic mass is 32.2. The number of rotatable bonds is 10. The summed E-state index contributed by atoms with van der Waals surface area (Å²) in [4.78, 5) is 32.9. The van der Waals surface area contributed by atoms with Crippen LogP contribution < -0.4 is 9.46 Å². The largest absolute Gasteiger partial charge is 0.497 e. The third-order valence-electron chi connectivity index (χ3n) is 12.0. The van der Waals surface area contributed by atoms with Gasteiger partial charge < -0.3 is 19.1 Å². The SMILES string of the molecule is CCCS(=O)(=O)NC(=O)c1ccc2c(C3CCCCC3)c(-c3ccc(OC)cc3)n(CC3(C(=O)N4CCCC45CCN(C)CC5)CC3)c2c1. The number of carbonyl (C=O) groups excluding carboxylic acids is 2. The van der Waals surface area contributed by atoms with Gasteiger partial charge in [-0.1, -0.05) is 32.3 Å². The molecule has 0 unspecified atom stereocenters. The van der Waals surface area contributed by atoms with Gasteiger partial charge in [0.15, 0.2) is 0 Å². The fraction of sp³-hybridized carbons (Fsp3) is 0.590. The lowest BCUT2D eigenvalue weighted by Gasteiger charge is -2.45. The number of likely N-dealkylation sites (tertiary alicyclic amines) is 2. The highest BCUT2D eigenvalue weighted by Crippen LogP contribution is 2.54. The van der Waals surface area contributed by atoms with Crippen molar-refractivity contribution in [2.24, 2.45) is 5.41 Å². The Bertz CT molecular complexity index is 1810. The zero-order chi connectivity index (χ0) is 34.4. The number of ether oxygens (including phenoxy) is 1. The van der Waals surface area contributed by atoms with Crippen LogP contribution in [-0.4, -0.2) is 79.7 Å². The molecular weight excluding hydrogens is 637 g/mol. The monoisotopic (exact) mass is 688 g/mol. The van der Waals surface area contributed by atoms with E-state index in [1.165, 1.54) is 24.8 Å². The number of hydrogen-bond donors (Lipinski definition) is 1. The molecule has 1 spiro atoms. The first kappa shape index (κ1) is 34.1. The number of piperidine rings is 1. The van der Waals surface area contributed by atoms with Gasteiger partial charge in [0.05, 0.1) is 24.0 Å². The molecule has 2 amide bonds. The number of methoxy groups -OCH3 is 1. The molecule has 3 heterocycles. The first-order valence-electron chi connectivity index (χ1n) is 18.4. The van der Waals surface area contributed by atoms with E-state index in [4.69, 9.17) is 4.74 Å². The third-order valence-corrected chi connectivity index (χ3v) is 13.4. The van der Waals surface area contributed by atoms with Crippen LogP contribution in [0.5, 0.6) is 5.75 Å². The second kappa shape index (κ2) is 13.4. The van der Waals surface area contributed by atoms with E-state index in [-0.39, 0.29) is 17.2 Å². The van der Waals surface area contributed by atoms with E-state index in [1.54, 1.807) is 20.1 Å². The molecular formula is C39H52N4O5S. The summed E-state index contributed by atoms with van der Waals surface area (Å²) in [5, 5.41) is 1.09. The molecule has 7 rings (SSSR count). The number of amides is 2. The quantitative estimate of drug-likeness (QED) is 0.255. The number of fused-ring (bicyclic) bond motifs is 1. The fourth-order valence-corrected chi connectivity index (χ4v) is 10.1. The van der Waals surface area contributed by atoms with Gasteiger partial charge in [-0.25, -0.2) is 13.1 Å². The molecule has 1 aromatic heterocycles. The topological polar surface area (TPSA) is 101 Å². The first-order chi connectivity index (χ1) is 23.6. The van der Waals surface area contributed by atoms with Crippen molar-refractivity contribution >= 4 is 32.7 Å². The lowest BCUT2D eigenvalue weighted by molar-refractivity contribution is -0.143. The normalized spacial score (nSPS) is 20.9. The lowest BCUT2D eigenvalue weighted by atomic mass is 9.81. The van der Waals surface area contributed by atoms with Gasteiger partial charge in [-0.3, -0.25) is 9.59 Å². The molecule has 264 valence electrons. The van der Waals surface area contributed by atoms with Crippen molar-refractivity contribution in [3.8, 4) is 17.0 Å². The summed E-state index contributed by atoms with van der Waals surface area (Å²) in [6.07, 6.45) is 12.1. The van der Waals surface area contributed by atoms with Gasteiger partial charge in [0.25, 0.3) is 5.91 Å². The van der Waals surface area contributed by atoms with Gasteiger partial charge >= 0.3 is 0 Å². The number of benzene rings is 2. The average molecular weight is 689 g/mol. The molecule has 49 heavy (non-hydrogen) atoms. The van der Waals surface area contributed by atoms with Gasteiger partial charge in [-0.15, -0.1) is 0 Å². The number of aromatic nitrogens is 1. The molecule has 0 radical (unpaired) electrons. The first-order valence-corrected chi connectivity index (χ1v) is 20.1. The smallest absolute Gasteiger partial charge is 0.264 e. The summed E-state index contributed by atoms with van der Waals surface area (Å²) in [7, 11) is 0.104. The van der Waals surface area contributed by atoms with Crippen molar-refractivity contribution in [2.45, 2.75) is 102 Å². The molecule has 2 aliphatic carbocycles. The maximum Gasteiger partial charge on any atom is 0.264 e. The van der Waals surface area contributed by atoms with E-state index >= 15 is 0 Å². The van der Waals surface area contributed by atoms with Crippen molar-refractivity contribution in [2.75, 3.05) is 39.5 Å². The predicted octanol–water partition coefficient (Wildman–Crippen LogP) is 6.70. The molecule has 9 nitrogen and oxygen atoms in total. The summed E-state index contributed by atoms with van der Waals surface area (Å²) in [6.45, 7) is 5.17. The standard InChI is InChI=1S/C39H52N4O5S/c1-4-25-49(46,47)40-36(44)30-13-16-32-33(26-30)42(35(29-11-14-31(48-3)15-12-29)34(32)28-9-6-5-7-10-28)27-38(18-19-38)37(45)43-22-8-17-39(43)20-23-41(2)24-21-39/h11-16,26,28H,4-10,17-25,27H2,1-3H3,(H,40,44). The highest BCUT2D eigenvalue weighted by Gasteiger charge is 2.57. The Morgan fingerprint density at radius 2 is 1.63 bits per heavy atom. The second-order valence-corrected chi connectivity index (χ2v) is 17.1. The van der Waals surface area contributed by atoms with Crippen LogP contribution in [0.15, 0.2) is 42.5 Å². The number of nitrogens with zero attached hydrogens (tertiary/aromatic N) is 3.